The summed E-state index contributed by atoms with van der Waals surface area (Å²) in [5.41, 5.74) is 11.0. The zero-order chi connectivity index (χ0) is 53.8. The van der Waals surface area contributed by atoms with Crippen LogP contribution in [0.15, 0.2) is 200 Å². The molecule has 78 heavy (non-hydrogen) atoms. The Labute approximate surface area is 444 Å². The van der Waals surface area contributed by atoms with Crippen LogP contribution in [-0.4, -0.2) is 9.13 Å². The number of alkyl halides is 3. The third-order valence-electron chi connectivity index (χ3n) is 14.4. The van der Waals surface area contributed by atoms with Crippen molar-refractivity contribution in [2.45, 2.75) is 6.18 Å². The fraction of sp³-hybridized carbons (Fsp3) is 0.0149. The summed E-state index contributed by atoms with van der Waals surface area (Å²) in [6, 6.07) is 72.6. The van der Waals surface area contributed by atoms with Crippen LogP contribution in [0.4, 0.5) is 13.2 Å². The first-order valence-corrected chi connectivity index (χ1v) is 24.4. The Morgan fingerprint density at radius 3 is 0.872 bits per heavy atom. The average Bonchev–Trinajstić information content (AvgIpc) is 4.12. The molecule has 0 aliphatic heterocycles. The van der Waals surface area contributed by atoms with Gasteiger partial charge in [0.25, 0.3) is 0 Å². The molecule has 0 atom stereocenters. The summed E-state index contributed by atoms with van der Waals surface area (Å²) in [7, 11) is 0. The number of rotatable bonds is 7. The first kappa shape index (κ1) is 47.5. The van der Waals surface area contributed by atoms with E-state index in [1.807, 2.05) is 112 Å². The summed E-state index contributed by atoms with van der Waals surface area (Å²) in [5.74, 6) is 0. The molecular weight excluding hydrogens is 974 g/mol. The van der Waals surface area contributed by atoms with Gasteiger partial charge in [-0.25, -0.2) is 0 Å². The normalized spacial score (nSPS) is 11.2. The lowest BCUT2D eigenvalue weighted by molar-refractivity contribution is -0.137. The second-order valence-electron chi connectivity index (χ2n) is 18.7. The first-order chi connectivity index (χ1) is 38.0. The highest BCUT2D eigenvalue weighted by atomic mass is 19.4. The fourth-order valence-electron chi connectivity index (χ4n) is 10.6. The Bertz CT molecular complexity index is 4520. The van der Waals surface area contributed by atoms with Gasteiger partial charge in [-0.05, 0) is 171 Å². The van der Waals surface area contributed by atoms with Gasteiger partial charge in [0.1, 0.15) is 0 Å². The van der Waals surface area contributed by atoms with Gasteiger partial charge in [0.05, 0.1) is 109 Å². The molecule has 0 aliphatic carbocycles. The second-order valence-corrected chi connectivity index (χ2v) is 18.7. The monoisotopic (exact) mass is 1010 g/mol. The molecule has 0 aliphatic rings. The number of fused-ring (bicyclic) bond motifs is 6. The lowest BCUT2D eigenvalue weighted by Crippen LogP contribution is -2.10. The van der Waals surface area contributed by atoms with Crippen LogP contribution in [0, 0.1) is 68.0 Å². The Morgan fingerprint density at radius 2 is 0.577 bits per heavy atom. The molecule has 12 aromatic rings. The van der Waals surface area contributed by atoms with E-state index in [2.05, 4.69) is 54.6 Å². The molecule has 0 bridgehead atoms. The van der Waals surface area contributed by atoms with Crippen molar-refractivity contribution in [3.05, 3.63) is 239 Å². The largest absolute Gasteiger partial charge is 0.417 e. The highest BCUT2D eigenvalue weighted by Crippen LogP contribution is 2.46. The summed E-state index contributed by atoms with van der Waals surface area (Å²) in [5, 5.41) is 62.6. The van der Waals surface area contributed by atoms with Crippen LogP contribution >= 0.6 is 0 Å². The van der Waals surface area contributed by atoms with E-state index < -0.39 is 11.7 Å². The van der Waals surface area contributed by atoms with E-state index in [4.69, 9.17) is 0 Å². The average molecular weight is 1010 g/mol. The third kappa shape index (κ3) is 8.08. The molecular formula is C67H33F3N8. The van der Waals surface area contributed by atoms with Crippen LogP contribution in [0.1, 0.15) is 38.9 Å². The molecule has 12 rings (SSSR count). The van der Waals surface area contributed by atoms with Gasteiger partial charge in [0.15, 0.2) is 0 Å². The highest BCUT2D eigenvalue weighted by molar-refractivity contribution is 6.14. The van der Waals surface area contributed by atoms with Crippen LogP contribution in [0.3, 0.4) is 0 Å². The van der Waals surface area contributed by atoms with Gasteiger partial charge in [-0.1, -0.05) is 78.9 Å². The number of nitriles is 6. The van der Waals surface area contributed by atoms with E-state index in [1.165, 1.54) is 12.1 Å². The van der Waals surface area contributed by atoms with Crippen molar-refractivity contribution in [2.75, 3.05) is 0 Å². The summed E-state index contributed by atoms with van der Waals surface area (Å²) in [6.45, 7) is 0. The lowest BCUT2D eigenvalue weighted by Gasteiger charge is -2.21. The van der Waals surface area contributed by atoms with E-state index in [0.717, 1.165) is 83.2 Å². The van der Waals surface area contributed by atoms with Crippen molar-refractivity contribution in [1.82, 2.24) is 9.13 Å². The van der Waals surface area contributed by atoms with Crippen molar-refractivity contribution >= 4 is 43.6 Å². The van der Waals surface area contributed by atoms with Gasteiger partial charge in [-0.15, -0.1) is 0 Å². The zero-order valence-corrected chi connectivity index (χ0v) is 40.8. The lowest BCUT2D eigenvalue weighted by atomic mass is 9.92. The van der Waals surface area contributed by atoms with Gasteiger partial charge >= 0.3 is 6.18 Å². The van der Waals surface area contributed by atoms with Crippen molar-refractivity contribution in [2.24, 2.45) is 0 Å². The molecule has 0 spiro atoms. The molecule has 0 saturated heterocycles. The van der Waals surface area contributed by atoms with Gasteiger partial charge in [-0.3, -0.25) is 0 Å². The highest BCUT2D eigenvalue weighted by Gasteiger charge is 2.35. The number of halogens is 3. The van der Waals surface area contributed by atoms with E-state index in [-0.39, 0.29) is 22.3 Å². The van der Waals surface area contributed by atoms with Crippen LogP contribution in [0.5, 0.6) is 0 Å². The maximum Gasteiger partial charge on any atom is 0.417 e. The molecule has 0 unspecified atom stereocenters. The molecule has 0 amide bonds. The Balaban J connectivity index is 1.21. The molecule has 0 N–H and O–H groups in total. The number of hydrogen-bond acceptors (Lipinski definition) is 6. The van der Waals surface area contributed by atoms with Crippen LogP contribution in [-0.2, 0) is 6.18 Å². The van der Waals surface area contributed by atoms with Gasteiger partial charge in [0, 0.05) is 27.1 Å². The van der Waals surface area contributed by atoms with Crippen LogP contribution in [0.2, 0.25) is 0 Å². The van der Waals surface area contributed by atoms with E-state index in [1.54, 1.807) is 60.7 Å². The molecule has 2 aromatic heterocycles. The van der Waals surface area contributed by atoms with Crippen LogP contribution < -0.4 is 0 Å². The maximum atomic E-state index is 15.3. The zero-order valence-electron chi connectivity index (χ0n) is 40.8. The Kier molecular flexibility index (Phi) is 11.4. The van der Waals surface area contributed by atoms with Crippen molar-refractivity contribution < 1.29 is 13.2 Å². The molecule has 0 saturated carbocycles. The standard InChI is InChI=1S/C67H33F3N8/c68-67(69,70)60-27-44(38-75)9-22-54(60)55-33-66(78-63-25-20-51(47-14-5-42(36-73)6-15-47)30-58(63)59-31-52(21-26-64(59)78)48-16-7-43(37-74)8-17-48)65(32-53(55)39-76)77-61-23-18-49(45-10-1-40(34-71)2-11-45)28-56(61)57-29-50(19-24-62(57)77)46-12-3-41(35-72)4-13-46/h1-33H. The Hall–Kier alpha value is -11.5. The van der Waals surface area contributed by atoms with E-state index in [9.17, 15) is 31.6 Å². The molecule has 0 fully saturated rings. The van der Waals surface area contributed by atoms with Gasteiger partial charge in [-0.2, -0.15) is 44.7 Å². The molecule has 8 nitrogen and oxygen atoms in total. The first-order valence-electron chi connectivity index (χ1n) is 24.4. The van der Waals surface area contributed by atoms with E-state index in [0.29, 0.717) is 44.7 Å². The number of nitrogens with zero attached hydrogens (tertiary/aromatic N) is 8. The molecule has 0 radical (unpaired) electrons. The maximum absolute atomic E-state index is 15.3. The molecule has 2 heterocycles. The quantitative estimate of drug-likeness (QED) is 0.155. The van der Waals surface area contributed by atoms with Crippen molar-refractivity contribution in [1.29, 1.82) is 31.6 Å². The second kappa shape index (κ2) is 18.8. The Morgan fingerprint density at radius 1 is 0.282 bits per heavy atom. The van der Waals surface area contributed by atoms with Crippen molar-refractivity contribution in [3.8, 4) is 103 Å². The predicted molar refractivity (Wildman–Crippen MR) is 296 cm³/mol. The number of hydrogen-bond donors (Lipinski definition) is 0. The SMILES string of the molecule is N#Cc1ccc(-c2ccc3c(c2)c2cc(-c4ccc(C#N)cc4)ccc2n3-c2cc(C#N)c(-c3ccc(C#N)cc3C(F)(F)F)cc2-n2c3ccc(-c4ccc(C#N)cc4)cc3c3cc(-c4ccc(C#N)cc4)ccc32)cc1. The minimum atomic E-state index is -4.91. The van der Waals surface area contributed by atoms with Gasteiger partial charge in [0.2, 0.25) is 0 Å². The topological polar surface area (TPSA) is 153 Å². The van der Waals surface area contributed by atoms with Crippen LogP contribution in [0.25, 0.3) is 111 Å². The van der Waals surface area contributed by atoms with E-state index >= 15 is 13.2 Å². The summed E-state index contributed by atoms with van der Waals surface area (Å²) in [6.07, 6.45) is -4.91. The summed E-state index contributed by atoms with van der Waals surface area (Å²) < 4.78 is 49.9. The molecule has 10 aromatic carbocycles. The molecule has 11 heteroatoms. The van der Waals surface area contributed by atoms with Gasteiger partial charge < -0.3 is 9.13 Å². The predicted octanol–water partition coefficient (Wildman–Crippen LogP) is 16.5. The minimum absolute atomic E-state index is 0.00144. The fourth-order valence-corrected chi connectivity index (χ4v) is 10.6. The number of benzene rings is 10. The third-order valence-corrected chi connectivity index (χ3v) is 14.4. The summed E-state index contributed by atoms with van der Waals surface area (Å²) in [4.78, 5) is 0. The smallest absolute Gasteiger partial charge is 0.307 e. The summed E-state index contributed by atoms with van der Waals surface area (Å²) >= 11 is 0. The number of aromatic nitrogens is 2. The van der Waals surface area contributed by atoms with Crippen molar-refractivity contribution in [3.63, 3.8) is 0 Å². The molecule has 362 valence electrons. The minimum Gasteiger partial charge on any atom is -0.307 e.